The van der Waals surface area contributed by atoms with Crippen LogP contribution in [0.3, 0.4) is 0 Å². The van der Waals surface area contributed by atoms with Crippen molar-refractivity contribution in [3.05, 3.63) is 87.9 Å². The molecule has 0 saturated heterocycles. The number of aromatic carboxylic acids is 1. The van der Waals surface area contributed by atoms with Crippen LogP contribution in [-0.2, 0) is 25.0 Å². The van der Waals surface area contributed by atoms with Gasteiger partial charge in [0.15, 0.2) is 5.78 Å². The SMILES string of the molecule is O=C1C=C/C(=C(\c2cccc(C(=O)O)c2)c2ccc(O)c(S(=O)(=O)O)c2)C=C1S(=O)(=O)O. The number of aromatic hydroxyl groups is 1. The highest BCUT2D eigenvalue weighted by molar-refractivity contribution is 7.90. The quantitative estimate of drug-likeness (QED) is 0.464. The van der Waals surface area contributed by atoms with Crippen LogP contribution in [0, 0.1) is 0 Å². The third kappa shape index (κ3) is 4.68. The number of hydrogen-bond acceptors (Lipinski definition) is 7. The van der Waals surface area contributed by atoms with Crippen molar-refractivity contribution >= 4 is 37.6 Å². The van der Waals surface area contributed by atoms with E-state index in [0.29, 0.717) is 0 Å². The van der Waals surface area contributed by atoms with Crippen molar-refractivity contribution in [3.63, 3.8) is 0 Å². The van der Waals surface area contributed by atoms with Crippen molar-refractivity contribution < 1.29 is 45.7 Å². The van der Waals surface area contributed by atoms with Gasteiger partial charge in [-0.1, -0.05) is 24.3 Å². The molecule has 0 saturated carbocycles. The lowest BCUT2D eigenvalue weighted by atomic mass is 9.90. The molecule has 0 amide bonds. The van der Waals surface area contributed by atoms with E-state index in [1.165, 1.54) is 36.4 Å². The molecule has 32 heavy (non-hydrogen) atoms. The van der Waals surface area contributed by atoms with Crippen LogP contribution in [0.5, 0.6) is 5.75 Å². The molecule has 0 atom stereocenters. The first-order valence-electron chi connectivity index (χ1n) is 8.59. The maximum absolute atomic E-state index is 11.9. The Kier molecular flexibility index (Phi) is 5.89. The van der Waals surface area contributed by atoms with Gasteiger partial charge >= 0.3 is 5.97 Å². The molecule has 0 aromatic heterocycles. The zero-order valence-electron chi connectivity index (χ0n) is 15.8. The van der Waals surface area contributed by atoms with E-state index in [4.69, 9.17) is 0 Å². The Labute approximate surface area is 182 Å². The summed E-state index contributed by atoms with van der Waals surface area (Å²) in [6, 6.07) is 8.43. The van der Waals surface area contributed by atoms with E-state index in [9.17, 15) is 45.7 Å². The molecule has 0 heterocycles. The lowest BCUT2D eigenvalue weighted by molar-refractivity contribution is -0.110. The molecule has 0 fully saturated rings. The zero-order chi connectivity index (χ0) is 23.8. The van der Waals surface area contributed by atoms with Gasteiger partial charge in [-0.3, -0.25) is 13.9 Å². The van der Waals surface area contributed by atoms with Crippen LogP contribution in [0.1, 0.15) is 21.5 Å². The number of hydrogen-bond donors (Lipinski definition) is 4. The predicted molar refractivity (Wildman–Crippen MR) is 111 cm³/mol. The van der Waals surface area contributed by atoms with Crippen molar-refractivity contribution in [1.29, 1.82) is 0 Å². The topological polar surface area (TPSA) is 183 Å². The van der Waals surface area contributed by atoms with E-state index in [2.05, 4.69) is 0 Å². The number of benzene rings is 2. The van der Waals surface area contributed by atoms with Crippen molar-refractivity contribution in [2.24, 2.45) is 0 Å². The van der Waals surface area contributed by atoms with Gasteiger partial charge in [0.2, 0.25) is 0 Å². The maximum atomic E-state index is 11.9. The molecule has 10 nitrogen and oxygen atoms in total. The molecule has 166 valence electrons. The molecular formula is C20H14O10S2. The van der Waals surface area contributed by atoms with E-state index >= 15 is 0 Å². The van der Waals surface area contributed by atoms with Gasteiger partial charge in [-0.25, -0.2) is 4.79 Å². The van der Waals surface area contributed by atoms with Gasteiger partial charge in [-0.15, -0.1) is 0 Å². The van der Waals surface area contributed by atoms with Gasteiger partial charge < -0.3 is 10.2 Å². The third-order valence-electron chi connectivity index (χ3n) is 4.43. The van der Waals surface area contributed by atoms with Crippen LogP contribution < -0.4 is 0 Å². The summed E-state index contributed by atoms with van der Waals surface area (Å²) in [5.41, 5.74) is 0.119. The Bertz CT molecular complexity index is 1460. The minimum absolute atomic E-state index is 0.00624. The number of carboxylic acids is 1. The first-order valence-corrected chi connectivity index (χ1v) is 11.5. The maximum Gasteiger partial charge on any atom is 0.335 e. The van der Waals surface area contributed by atoms with Gasteiger partial charge in [0.05, 0.1) is 5.56 Å². The highest BCUT2D eigenvalue weighted by Crippen LogP contribution is 2.35. The molecule has 2 aromatic rings. The third-order valence-corrected chi connectivity index (χ3v) is 6.19. The summed E-state index contributed by atoms with van der Waals surface area (Å²) in [4.78, 5) is 21.5. The standard InChI is InChI=1S/C20H14O10S2/c21-15-6-4-12(9-17(15)31(25,26)27)19(11-2-1-3-14(8-11)20(23)24)13-5-7-16(22)18(10-13)32(28,29)30/h1-10,21H,(H,23,24)(H,25,26,27)(H,28,29,30)/b19-13-. The van der Waals surface area contributed by atoms with E-state index in [1.807, 2.05) is 0 Å². The molecule has 4 N–H and O–H groups in total. The Balaban J connectivity index is 2.42. The summed E-state index contributed by atoms with van der Waals surface area (Å²) in [5.74, 6) is -3.04. The lowest BCUT2D eigenvalue weighted by Crippen LogP contribution is -2.14. The molecule has 0 radical (unpaired) electrons. The first-order chi connectivity index (χ1) is 14.8. The number of ketones is 1. The van der Waals surface area contributed by atoms with Crippen LogP contribution >= 0.6 is 0 Å². The van der Waals surface area contributed by atoms with Crippen molar-refractivity contribution in [2.45, 2.75) is 4.90 Å². The largest absolute Gasteiger partial charge is 0.506 e. The van der Waals surface area contributed by atoms with E-state index in [0.717, 1.165) is 24.3 Å². The number of carboxylic acid groups (broad SMARTS) is 1. The van der Waals surface area contributed by atoms with Gasteiger partial charge in [0, 0.05) is 0 Å². The molecule has 1 aliphatic carbocycles. The Hall–Kier alpha value is -3.58. The van der Waals surface area contributed by atoms with Crippen LogP contribution in [0.4, 0.5) is 0 Å². The minimum Gasteiger partial charge on any atom is -0.506 e. The molecule has 0 spiro atoms. The average molecular weight is 478 g/mol. The molecule has 1 aliphatic rings. The van der Waals surface area contributed by atoms with Crippen LogP contribution in [0.25, 0.3) is 5.57 Å². The summed E-state index contributed by atoms with van der Waals surface area (Å²) in [7, 11) is -9.77. The van der Waals surface area contributed by atoms with Gasteiger partial charge in [0.1, 0.15) is 15.6 Å². The van der Waals surface area contributed by atoms with E-state index in [1.54, 1.807) is 0 Å². The highest BCUT2D eigenvalue weighted by atomic mass is 32.2. The van der Waals surface area contributed by atoms with Crippen molar-refractivity contribution in [3.8, 4) is 5.75 Å². The van der Waals surface area contributed by atoms with Gasteiger partial charge in [-0.05, 0) is 58.7 Å². The molecule has 0 unspecified atom stereocenters. The fraction of sp³-hybridized carbons (Fsp3) is 0. The number of phenols is 1. The Morgan fingerprint density at radius 1 is 0.812 bits per heavy atom. The fourth-order valence-electron chi connectivity index (χ4n) is 3.05. The number of carbonyl (C=O) groups excluding carboxylic acids is 1. The highest BCUT2D eigenvalue weighted by Gasteiger charge is 2.26. The lowest BCUT2D eigenvalue weighted by Gasteiger charge is -2.16. The summed E-state index contributed by atoms with van der Waals surface area (Å²) >= 11 is 0. The monoisotopic (exact) mass is 478 g/mol. The van der Waals surface area contributed by atoms with Gasteiger partial charge in [0.25, 0.3) is 20.2 Å². The normalized spacial score (nSPS) is 15.9. The predicted octanol–water partition coefficient (Wildman–Crippen LogP) is 2.05. The first kappa shape index (κ1) is 23.1. The Morgan fingerprint density at radius 2 is 1.44 bits per heavy atom. The number of carbonyl (C=O) groups is 2. The minimum atomic E-state index is -4.91. The van der Waals surface area contributed by atoms with Crippen LogP contribution in [0.15, 0.2) is 76.1 Å². The summed E-state index contributed by atoms with van der Waals surface area (Å²) in [5, 5.41) is 19.1. The number of allylic oxidation sites excluding steroid dienone is 5. The number of phenolic OH excluding ortho intramolecular Hbond substituents is 1. The molecule has 3 rings (SSSR count). The van der Waals surface area contributed by atoms with Crippen LogP contribution in [0.2, 0.25) is 0 Å². The number of rotatable bonds is 5. The second-order valence-corrected chi connectivity index (χ2v) is 9.34. The van der Waals surface area contributed by atoms with Gasteiger partial charge in [-0.2, -0.15) is 16.8 Å². The van der Waals surface area contributed by atoms with E-state index in [-0.39, 0.29) is 27.8 Å². The molecule has 0 aliphatic heterocycles. The Morgan fingerprint density at radius 3 is 2.03 bits per heavy atom. The van der Waals surface area contributed by atoms with Crippen molar-refractivity contribution in [1.82, 2.24) is 0 Å². The smallest absolute Gasteiger partial charge is 0.335 e. The molecular weight excluding hydrogens is 464 g/mol. The average Bonchev–Trinajstić information content (AvgIpc) is 2.69. The molecule has 12 heteroatoms. The van der Waals surface area contributed by atoms with E-state index < -0.39 is 47.5 Å². The van der Waals surface area contributed by atoms with Crippen molar-refractivity contribution in [2.75, 3.05) is 0 Å². The second-order valence-electron chi connectivity index (χ2n) is 6.56. The van der Waals surface area contributed by atoms with Crippen LogP contribution in [-0.4, -0.2) is 47.9 Å². The molecule has 2 aromatic carbocycles. The molecule has 0 bridgehead atoms. The zero-order valence-corrected chi connectivity index (χ0v) is 17.5. The second kappa shape index (κ2) is 8.16. The summed E-state index contributed by atoms with van der Waals surface area (Å²) in [6.07, 6.45) is 2.91. The summed E-state index contributed by atoms with van der Waals surface area (Å²) < 4.78 is 65.2. The summed E-state index contributed by atoms with van der Waals surface area (Å²) in [6.45, 7) is 0. The fourth-order valence-corrected chi connectivity index (χ4v) is 4.26.